The minimum atomic E-state index is -1.06. The van der Waals surface area contributed by atoms with Crippen molar-refractivity contribution in [2.24, 2.45) is 0 Å². The topological polar surface area (TPSA) is 180 Å². The molecule has 0 heterocycles. The maximum atomic E-state index is 11.1. The highest BCUT2D eigenvalue weighted by atomic mass is 16.6. The van der Waals surface area contributed by atoms with E-state index in [9.17, 15) is 28.8 Å². The summed E-state index contributed by atoms with van der Waals surface area (Å²) in [5, 5.41) is 16.6. The molecular formula is C22H32O12. The van der Waals surface area contributed by atoms with Crippen molar-refractivity contribution < 1.29 is 57.9 Å². The van der Waals surface area contributed by atoms with Crippen molar-refractivity contribution in [2.45, 2.75) is 51.9 Å². The summed E-state index contributed by atoms with van der Waals surface area (Å²) in [5.74, 6) is -4.05. The Morgan fingerprint density at radius 1 is 0.676 bits per heavy atom. The number of carboxylic acids is 2. The van der Waals surface area contributed by atoms with E-state index < -0.39 is 35.8 Å². The number of hydrogen-bond donors (Lipinski definition) is 2. The third kappa shape index (κ3) is 24.6. The van der Waals surface area contributed by atoms with E-state index in [-0.39, 0.29) is 64.1 Å². The van der Waals surface area contributed by atoms with Gasteiger partial charge < -0.3 is 29.2 Å². The van der Waals surface area contributed by atoms with Crippen LogP contribution in [-0.4, -0.2) is 72.5 Å². The lowest BCUT2D eigenvalue weighted by molar-refractivity contribution is -0.151. The lowest BCUT2D eigenvalue weighted by atomic mass is 10.2. The second kappa shape index (κ2) is 21.2. The van der Waals surface area contributed by atoms with Crippen molar-refractivity contribution in [1.29, 1.82) is 0 Å². The average molecular weight is 488 g/mol. The van der Waals surface area contributed by atoms with E-state index >= 15 is 0 Å². The molecule has 0 spiro atoms. The van der Waals surface area contributed by atoms with Gasteiger partial charge in [0.05, 0.1) is 26.1 Å². The Morgan fingerprint density at radius 2 is 1.18 bits per heavy atom. The number of rotatable bonds is 17. The van der Waals surface area contributed by atoms with Gasteiger partial charge >= 0.3 is 35.8 Å². The third-order valence-electron chi connectivity index (χ3n) is 3.46. The van der Waals surface area contributed by atoms with Crippen LogP contribution in [-0.2, 0) is 47.7 Å². The minimum Gasteiger partial charge on any atom is -0.481 e. The summed E-state index contributed by atoms with van der Waals surface area (Å²) in [6, 6.07) is 0. The number of esters is 4. The van der Waals surface area contributed by atoms with Crippen LogP contribution >= 0.6 is 0 Å². The fraction of sp³-hybridized carbons (Fsp3) is 0.545. The van der Waals surface area contributed by atoms with Gasteiger partial charge in [-0.2, -0.15) is 0 Å². The van der Waals surface area contributed by atoms with Gasteiger partial charge in [0.15, 0.2) is 0 Å². The molecule has 12 heteroatoms. The van der Waals surface area contributed by atoms with Gasteiger partial charge in [0.1, 0.15) is 13.2 Å². The molecular weight excluding hydrogens is 456 g/mol. The van der Waals surface area contributed by atoms with Gasteiger partial charge in [-0.3, -0.25) is 19.2 Å². The summed E-state index contributed by atoms with van der Waals surface area (Å²) in [5.41, 5.74) is 0.261. The van der Waals surface area contributed by atoms with Gasteiger partial charge in [-0.25, -0.2) is 9.59 Å². The van der Waals surface area contributed by atoms with Crippen molar-refractivity contribution in [3.8, 4) is 0 Å². The number of carbonyl (C=O) groups is 6. The van der Waals surface area contributed by atoms with Crippen LogP contribution in [0, 0.1) is 0 Å². The average Bonchev–Trinajstić information content (AvgIpc) is 2.77. The zero-order valence-corrected chi connectivity index (χ0v) is 19.2. The molecule has 0 saturated heterocycles. The molecule has 0 aromatic carbocycles. The van der Waals surface area contributed by atoms with Gasteiger partial charge in [-0.1, -0.05) is 13.2 Å². The minimum absolute atomic E-state index is 0.0351. The molecule has 0 saturated carbocycles. The molecule has 0 radical (unpaired) electrons. The van der Waals surface area contributed by atoms with Crippen molar-refractivity contribution in [3.05, 3.63) is 24.8 Å². The molecule has 2 N–H and O–H groups in total. The second-order valence-electron chi connectivity index (χ2n) is 6.58. The first-order valence-electron chi connectivity index (χ1n) is 10.4. The Kier molecular flexibility index (Phi) is 20.2. The summed E-state index contributed by atoms with van der Waals surface area (Å²) in [6.07, 6.45) is 2.17. The summed E-state index contributed by atoms with van der Waals surface area (Å²) < 4.78 is 18.9. The van der Waals surface area contributed by atoms with Crippen LogP contribution in [0.15, 0.2) is 24.8 Å². The predicted octanol–water partition coefficient (Wildman–Crippen LogP) is 1.81. The number of hydrogen-bond acceptors (Lipinski definition) is 10. The molecule has 0 unspecified atom stereocenters. The van der Waals surface area contributed by atoms with Gasteiger partial charge in [-0.05, 0) is 26.2 Å². The monoisotopic (exact) mass is 488 g/mol. The van der Waals surface area contributed by atoms with Crippen molar-refractivity contribution >= 4 is 35.8 Å². The highest BCUT2D eigenvalue weighted by Gasteiger charge is 2.08. The molecule has 0 atom stereocenters. The summed E-state index contributed by atoms with van der Waals surface area (Å²) in [7, 11) is 0. The Hall–Kier alpha value is -3.70. The lowest BCUT2D eigenvalue weighted by Crippen LogP contribution is -2.14. The Balaban J connectivity index is 0. The Morgan fingerprint density at radius 3 is 1.71 bits per heavy atom. The van der Waals surface area contributed by atoms with E-state index in [0.717, 1.165) is 6.08 Å². The molecule has 12 nitrogen and oxygen atoms in total. The van der Waals surface area contributed by atoms with Gasteiger partial charge in [0.25, 0.3) is 0 Å². The number of carbonyl (C=O) groups excluding carboxylic acids is 4. The third-order valence-corrected chi connectivity index (χ3v) is 3.46. The molecule has 34 heavy (non-hydrogen) atoms. The summed E-state index contributed by atoms with van der Waals surface area (Å²) in [4.78, 5) is 63.8. The molecule has 0 aliphatic heterocycles. The normalized spacial score (nSPS) is 9.44. The van der Waals surface area contributed by atoms with E-state index in [1.165, 1.54) is 6.92 Å². The van der Waals surface area contributed by atoms with Gasteiger partial charge in [-0.15, -0.1) is 0 Å². The van der Waals surface area contributed by atoms with Crippen LogP contribution in [0.4, 0.5) is 0 Å². The molecule has 0 aromatic heterocycles. The molecule has 0 aliphatic carbocycles. The second-order valence-corrected chi connectivity index (χ2v) is 6.58. The largest absolute Gasteiger partial charge is 0.481 e. The van der Waals surface area contributed by atoms with Crippen LogP contribution in [0.25, 0.3) is 0 Å². The van der Waals surface area contributed by atoms with E-state index in [1.807, 2.05) is 0 Å². The Bertz CT molecular complexity index is 711. The molecule has 0 aromatic rings. The molecule has 0 rings (SSSR count). The van der Waals surface area contributed by atoms with E-state index in [2.05, 4.69) is 22.6 Å². The first-order valence-corrected chi connectivity index (χ1v) is 10.4. The van der Waals surface area contributed by atoms with Crippen LogP contribution in [0.5, 0.6) is 0 Å². The zero-order valence-electron chi connectivity index (χ0n) is 19.2. The van der Waals surface area contributed by atoms with Crippen LogP contribution in [0.2, 0.25) is 0 Å². The number of unbranched alkanes of at least 4 members (excludes halogenated alkanes) is 1. The van der Waals surface area contributed by atoms with Crippen molar-refractivity contribution in [1.82, 2.24) is 0 Å². The summed E-state index contributed by atoms with van der Waals surface area (Å²) in [6.45, 7) is 8.49. The lowest BCUT2D eigenvalue weighted by Gasteiger charge is -2.05. The number of carboxylic acid groups (broad SMARTS) is 2. The SMILES string of the molecule is C=C(C)C(=O)OCCOC(=O)CCC(=O)O.C=CC(=O)OCCCCOC(=O)CCCC(=O)O. The fourth-order valence-electron chi connectivity index (χ4n) is 1.77. The van der Waals surface area contributed by atoms with Gasteiger partial charge in [0.2, 0.25) is 0 Å². The molecule has 0 bridgehead atoms. The van der Waals surface area contributed by atoms with Crippen LogP contribution in [0.3, 0.4) is 0 Å². The van der Waals surface area contributed by atoms with Crippen molar-refractivity contribution in [3.63, 3.8) is 0 Å². The molecule has 0 amide bonds. The first-order chi connectivity index (χ1) is 16.0. The van der Waals surface area contributed by atoms with E-state index in [0.29, 0.717) is 12.8 Å². The van der Waals surface area contributed by atoms with E-state index in [1.54, 1.807) is 0 Å². The zero-order chi connectivity index (χ0) is 26.4. The van der Waals surface area contributed by atoms with Crippen molar-refractivity contribution in [2.75, 3.05) is 26.4 Å². The van der Waals surface area contributed by atoms with Gasteiger partial charge in [0, 0.05) is 24.5 Å². The number of ether oxygens (including phenoxy) is 4. The summed E-state index contributed by atoms with van der Waals surface area (Å²) >= 11 is 0. The molecule has 0 fully saturated rings. The van der Waals surface area contributed by atoms with Crippen LogP contribution in [0.1, 0.15) is 51.9 Å². The van der Waals surface area contributed by atoms with E-state index in [4.69, 9.17) is 19.7 Å². The highest BCUT2D eigenvalue weighted by molar-refractivity contribution is 5.86. The number of aliphatic carboxylic acids is 2. The quantitative estimate of drug-likeness (QED) is 0.131. The predicted molar refractivity (Wildman–Crippen MR) is 116 cm³/mol. The maximum Gasteiger partial charge on any atom is 0.333 e. The molecule has 0 aliphatic rings. The standard InChI is InChI=1S/C12H18O6.C10H14O6/c1-2-11(15)17-8-3-4-9-18-12(16)7-5-6-10(13)14;1-7(2)10(14)16-6-5-15-9(13)4-3-8(11)12/h2H,1,3-9H2,(H,13,14);1,3-6H2,2H3,(H,11,12). The fourth-order valence-corrected chi connectivity index (χ4v) is 1.77. The first kappa shape index (κ1) is 32.5. The smallest absolute Gasteiger partial charge is 0.333 e. The highest BCUT2D eigenvalue weighted by Crippen LogP contribution is 2.00. The maximum absolute atomic E-state index is 11.1. The Labute approximate surface area is 197 Å². The van der Waals surface area contributed by atoms with Crippen LogP contribution < -0.4 is 0 Å². The molecule has 192 valence electrons.